The maximum Gasteiger partial charge on any atom is 0.492 e. The predicted molar refractivity (Wildman–Crippen MR) is 50.1 cm³/mol. The van der Waals surface area contributed by atoms with Crippen LogP contribution >= 0.6 is 0 Å². The van der Waals surface area contributed by atoms with Crippen molar-refractivity contribution >= 4 is 24.5 Å². The highest BCUT2D eigenvalue weighted by molar-refractivity contribution is 6.60. The van der Waals surface area contributed by atoms with E-state index in [1.165, 1.54) is 25.4 Å². The number of methoxy groups -OCH3 is 1. The summed E-state index contributed by atoms with van der Waals surface area (Å²) in [5.74, 6) is 0.0642. The summed E-state index contributed by atoms with van der Waals surface area (Å²) in [7, 11) is -0.483. The monoisotopic (exact) mass is 196 g/mol. The molecule has 1 rings (SSSR count). The minimum atomic E-state index is -1.68. The van der Waals surface area contributed by atoms with E-state index < -0.39 is 13.2 Å². The Kier molecular flexibility index (Phi) is 3.44. The number of hydrogen-bond donors (Lipinski definition) is 3. The number of hydrogen-bond acceptors (Lipinski definition) is 5. The van der Waals surface area contributed by atoms with E-state index in [4.69, 9.17) is 10.0 Å². The van der Waals surface area contributed by atoms with Crippen LogP contribution < -0.4 is 10.8 Å². The molecule has 1 amide bonds. The van der Waals surface area contributed by atoms with Gasteiger partial charge in [-0.3, -0.25) is 5.32 Å². The van der Waals surface area contributed by atoms with Crippen molar-refractivity contribution in [1.29, 1.82) is 0 Å². The summed E-state index contributed by atoms with van der Waals surface area (Å²) < 4.78 is 4.34. The van der Waals surface area contributed by atoms with Gasteiger partial charge < -0.3 is 14.8 Å². The molecule has 1 aromatic heterocycles. The maximum atomic E-state index is 10.8. The molecule has 74 valence electrons. The molecule has 14 heavy (non-hydrogen) atoms. The summed E-state index contributed by atoms with van der Waals surface area (Å²) >= 11 is 0. The van der Waals surface area contributed by atoms with Gasteiger partial charge >= 0.3 is 13.2 Å². The van der Waals surface area contributed by atoms with Crippen LogP contribution in [0.4, 0.5) is 10.6 Å². The van der Waals surface area contributed by atoms with Crippen molar-refractivity contribution in [3.63, 3.8) is 0 Å². The first-order valence-corrected chi connectivity index (χ1v) is 3.81. The highest BCUT2D eigenvalue weighted by Gasteiger charge is 2.17. The van der Waals surface area contributed by atoms with E-state index in [0.717, 1.165) is 0 Å². The molecular formula is C7H9BN2O4. The first kappa shape index (κ1) is 10.5. The predicted octanol–water partition coefficient (Wildman–Crippen LogP) is -1.06. The third-order valence-electron chi connectivity index (χ3n) is 1.52. The minimum Gasteiger partial charge on any atom is -0.453 e. The molecule has 0 atom stereocenters. The van der Waals surface area contributed by atoms with Crippen LogP contribution in [0.5, 0.6) is 0 Å². The molecule has 0 aliphatic carbocycles. The molecule has 0 bridgehead atoms. The summed E-state index contributed by atoms with van der Waals surface area (Å²) in [6.07, 6.45) is 0.697. The Morgan fingerprint density at radius 2 is 2.36 bits per heavy atom. The summed E-state index contributed by atoms with van der Waals surface area (Å²) in [5, 5.41) is 20.1. The van der Waals surface area contributed by atoms with Crippen molar-refractivity contribution in [1.82, 2.24) is 4.98 Å². The number of ether oxygens (including phenoxy) is 1. The van der Waals surface area contributed by atoms with E-state index in [1.807, 2.05) is 0 Å². The molecule has 1 heterocycles. The highest BCUT2D eigenvalue weighted by Crippen LogP contribution is 1.98. The Morgan fingerprint density at radius 3 is 2.93 bits per heavy atom. The van der Waals surface area contributed by atoms with Crippen molar-refractivity contribution < 1.29 is 19.6 Å². The Hall–Kier alpha value is -1.60. The van der Waals surface area contributed by atoms with Crippen LogP contribution in [0.3, 0.4) is 0 Å². The zero-order chi connectivity index (χ0) is 10.6. The summed E-state index contributed by atoms with van der Waals surface area (Å²) in [4.78, 5) is 14.6. The van der Waals surface area contributed by atoms with Crippen molar-refractivity contribution in [3.05, 3.63) is 18.3 Å². The van der Waals surface area contributed by atoms with Gasteiger partial charge in [0.15, 0.2) is 0 Å². The van der Waals surface area contributed by atoms with Crippen LogP contribution in [-0.2, 0) is 4.74 Å². The quantitative estimate of drug-likeness (QED) is 0.524. The number of nitrogens with one attached hydrogen (secondary N) is 1. The van der Waals surface area contributed by atoms with E-state index in [0.29, 0.717) is 0 Å². The molecule has 0 radical (unpaired) electrons. The van der Waals surface area contributed by atoms with E-state index in [9.17, 15) is 4.79 Å². The van der Waals surface area contributed by atoms with Gasteiger partial charge in [0, 0.05) is 11.7 Å². The summed E-state index contributed by atoms with van der Waals surface area (Å²) in [6.45, 7) is 0. The van der Waals surface area contributed by atoms with E-state index >= 15 is 0 Å². The third kappa shape index (κ3) is 2.44. The fourth-order valence-corrected chi connectivity index (χ4v) is 0.878. The molecule has 3 N–H and O–H groups in total. The van der Waals surface area contributed by atoms with E-state index in [1.54, 1.807) is 0 Å². The van der Waals surface area contributed by atoms with Crippen LogP contribution in [0.2, 0.25) is 0 Å². The van der Waals surface area contributed by atoms with Gasteiger partial charge in [0.25, 0.3) is 0 Å². The van der Waals surface area contributed by atoms with E-state index in [2.05, 4.69) is 15.0 Å². The summed E-state index contributed by atoms with van der Waals surface area (Å²) in [5.41, 5.74) is 0.109. The number of carbonyl (C=O) groups excluding carboxylic acids is 1. The Labute approximate surface area is 80.7 Å². The van der Waals surface area contributed by atoms with Crippen LogP contribution in [-0.4, -0.2) is 35.4 Å². The SMILES string of the molecule is COC(=O)Nc1ncccc1B(O)O. The topological polar surface area (TPSA) is 91.7 Å². The lowest BCUT2D eigenvalue weighted by Gasteiger charge is -2.07. The lowest BCUT2D eigenvalue weighted by molar-refractivity contribution is 0.187. The maximum absolute atomic E-state index is 10.8. The summed E-state index contributed by atoms with van der Waals surface area (Å²) in [6, 6.07) is 2.96. The molecule has 0 spiro atoms. The van der Waals surface area contributed by atoms with Gasteiger partial charge in [-0.1, -0.05) is 6.07 Å². The number of aromatic nitrogens is 1. The lowest BCUT2D eigenvalue weighted by Crippen LogP contribution is -2.34. The van der Waals surface area contributed by atoms with Gasteiger partial charge in [-0.25, -0.2) is 9.78 Å². The van der Waals surface area contributed by atoms with Crippen molar-refractivity contribution in [2.45, 2.75) is 0 Å². The van der Waals surface area contributed by atoms with Crippen molar-refractivity contribution in [2.24, 2.45) is 0 Å². The van der Waals surface area contributed by atoms with Gasteiger partial charge in [0.2, 0.25) is 0 Å². The first-order valence-electron chi connectivity index (χ1n) is 3.81. The molecule has 6 nitrogen and oxygen atoms in total. The van der Waals surface area contributed by atoms with E-state index in [-0.39, 0.29) is 11.3 Å². The highest BCUT2D eigenvalue weighted by atomic mass is 16.5. The molecule has 0 unspecified atom stereocenters. The number of amides is 1. The second-order valence-corrected chi connectivity index (χ2v) is 2.43. The fourth-order valence-electron chi connectivity index (χ4n) is 0.878. The van der Waals surface area contributed by atoms with Gasteiger partial charge in [0.05, 0.1) is 7.11 Å². The average molecular weight is 196 g/mol. The molecular weight excluding hydrogens is 187 g/mol. The standard InChI is InChI=1S/C7H9BN2O4/c1-14-7(11)10-6-5(8(12)13)3-2-4-9-6/h2-4,12-13H,1H3,(H,9,10,11). The van der Waals surface area contributed by atoms with Crippen LogP contribution in [0, 0.1) is 0 Å². The lowest BCUT2D eigenvalue weighted by atomic mass is 9.80. The van der Waals surface area contributed by atoms with Crippen molar-refractivity contribution in [3.8, 4) is 0 Å². The van der Waals surface area contributed by atoms with Gasteiger partial charge in [-0.2, -0.15) is 0 Å². The zero-order valence-electron chi connectivity index (χ0n) is 7.47. The molecule has 0 saturated carbocycles. The average Bonchev–Trinajstić information content (AvgIpc) is 2.18. The number of nitrogens with zero attached hydrogens (tertiary/aromatic N) is 1. The molecule has 0 saturated heterocycles. The molecule has 0 aliphatic rings. The zero-order valence-corrected chi connectivity index (χ0v) is 7.47. The number of carbonyl (C=O) groups is 1. The largest absolute Gasteiger partial charge is 0.492 e. The minimum absolute atomic E-state index is 0.0642. The molecule has 0 aromatic carbocycles. The normalized spacial score (nSPS) is 9.36. The molecule has 0 aliphatic heterocycles. The van der Waals surface area contributed by atoms with Crippen LogP contribution in [0.1, 0.15) is 0 Å². The van der Waals surface area contributed by atoms with Gasteiger partial charge in [-0.05, 0) is 6.07 Å². The third-order valence-corrected chi connectivity index (χ3v) is 1.52. The molecule has 1 aromatic rings. The Balaban J connectivity index is 2.90. The smallest absolute Gasteiger partial charge is 0.453 e. The molecule has 0 fully saturated rings. The first-order chi connectivity index (χ1) is 6.65. The number of anilines is 1. The Bertz CT molecular complexity index is 331. The fraction of sp³-hybridized carbons (Fsp3) is 0.143. The number of pyridine rings is 1. The van der Waals surface area contributed by atoms with Gasteiger partial charge in [0.1, 0.15) is 5.82 Å². The second kappa shape index (κ2) is 4.59. The number of rotatable bonds is 2. The molecule has 7 heteroatoms. The van der Waals surface area contributed by atoms with Crippen LogP contribution in [0.25, 0.3) is 0 Å². The van der Waals surface area contributed by atoms with Crippen LogP contribution in [0.15, 0.2) is 18.3 Å². The Morgan fingerprint density at radius 1 is 1.64 bits per heavy atom. The second-order valence-electron chi connectivity index (χ2n) is 2.43. The van der Waals surface area contributed by atoms with Gasteiger partial charge in [-0.15, -0.1) is 0 Å². The van der Waals surface area contributed by atoms with Crippen molar-refractivity contribution in [2.75, 3.05) is 12.4 Å².